The minimum Gasteiger partial charge on any atom is -0.492 e. The van der Waals surface area contributed by atoms with E-state index in [2.05, 4.69) is 17.0 Å². The summed E-state index contributed by atoms with van der Waals surface area (Å²) < 4.78 is 7.54. The topological polar surface area (TPSA) is 66.0 Å². The molecule has 1 unspecified atom stereocenters. The highest BCUT2D eigenvalue weighted by Gasteiger charge is 2.04. The molecule has 0 saturated carbocycles. The van der Waals surface area contributed by atoms with Crippen LogP contribution in [-0.4, -0.2) is 27.4 Å². The number of ether oxygens (including phenoxy) is 1. The van der Waals surface area contributed by atoms with Gasteiger partial charge in [0, 0.05) is 43.5 Å². The fraction of sp³-hybridized carbons (Fsp3) is 0.467. The highest BCUT2D eigenvalue weighted by atomic mass is 16.5. The second kappa shape index (κ2) is 7.05. The summed E-state index contributed by atoms with van der Waals surface area (Å²) in [6, 6.07) is 6.11. The predicted molar refractivity (Wildman–Crippen MR) is 78.6 cm³/mol. The molecule has 0 saturated heterocycles. The second-order valence-electron chi connectivity index (χ2n) is 4.90. The van der Waals surface area contributed by atoms with Gasteiger partial charge >= 0.3 is 0 Å². The maximum absolute atomic E-state index is 5.91. The third-order valence-corrected chi connectivity index (χ3v) is 3.34. The van der Waals surface area contributed by atoms with Crippen LogP contribution in [-0.2, 0) is 19.9 Å². The first-order valence-electron chi connectivity index (χ1n) is 6.99. The molecule has 5 heteroatoms. The number of nitrogens with zero attached hydrogens (tertiary/aromatic N) is 3. The zero-order valence-corrected chi connectivity index (χ0v) is 12.1. The van der Waals surface area contributed by atoms with Crippen LogP contribution in [0.15, 0.2) is 30.6 Å². The third-order valence-electron chi connectivity index (χ3n) is 3.34. The molecule has 0 aliphatic heterocycles. The highest BCUT2D eigenvalue weighted by Crippen LogP contribution is 2.11. The van der Waals surface area contributed by atoms with Gasteiger partial charge in [-0.2, -0.15) is 5.10 Å². The molecule has 0 bridgehead atoms. The first-order chi connectivity index (χ1) is 9.69. The summed E-state index contributed by atoms with van der Waals surface area (Å²) in [5.74, 6) is 0.793. The normalized spacial score (nSPS) is 12.3. The number of hydrogen-bond donors (Lipinski definition) is 1. The van der Waals surface area contributed by atoms with Gasteiger partial charge in [0.2, 0.25) is 0 Å². The molecule has 0 aliphatic rings. The summed E-state index contributed by atoms with van der Waals surface area (Å²) in [5, 5.41) is 4.13. The molecular weight excluding hydrogens is 252 g/mol. The zero-order chi connectivity index (χ0) is 14.4. The number of hydrogen-bond acceptors (Lipinski definition) is 4. The number of aryl methyl sites for hydroxylation is 1. The van der Waals surface area contributed by atoms with Gasteiger partial charge in [0.25, 0.3) is 0 Å². The lowest BCUT2D eigenvalue weighted by atomic mass is 10.1. The summed E-state index contributed by atoms with van der Waals surface area (Å²) in [4.78, 5) is 4.38. The van der Waals surface area contributed by atoms with Gasteiger partial charge in [0.05, 0.1) is 12.8 Å². The molecule has 2 rings (SSSR count). The molecule has 2 heterocycles. The molecule has 0 spiro atoms. The Morgan fingerprint density at radius 1 is 1.35 bits per heavy atom. The molecule has 1 atom stereocenters. The molecule has 0 aliphatic carbocycles. The molecular formula is C15H22N4O. The average Bonchev–Trinajstić information content (AvgIpc) is 2.86. The molecule has 2 N–H and O–H groups in total. The molecule has 108 valence electrons. The van der Waals surface area contributed by atoms with E-state index in [1.807, 2.05) is 29.9 Å². The van der Waals surface area contributed by atoms with Gasteiger partial charge in [-0.1, -0.05) is 6.92 Å². The standard InChI is InChI=1S/C15H22N4O/c1-3-12(16)10-13-4-5-15(11-17-13)20-9-7-14-6-8-18-19(14)2/h4-6,8,11-12H,3,7,9-10,16H2,1-2H3. The van der Waals surface area contributed by atoms with Gasteiger partial charge in [-0.25, -0.2) is 0 Å². The monoisotopic (exact) mass is 274 g/mol. The van der Waals surface area contributed by atoms with Gasteiger partial charge in [0.1, 0.15) is 5.75 Å². The van der Waals surface area contributed by atoms with Gasteiger partial charge in [-0.3, -0.25) is 9.67 Å². The van der Waals surface area contributed by atoms with Crippen molar-refractivity contribution in [1.29, 1.82) is 0 Å². The van der Waals surface area contributed by atoms with Crippen molar-refractivity contribution < 1.29 is 4.74 Å². The van der Waals surface area contributed by atoms with Gasteiger partial charge in [0.15, 0.2) is 0 Å². The second-order valence-corrected chi connectivity index (χ2v) is 4.90. The van der Waals surface area contributed by atoms with Crippen molar-refractivity contribution >= 4 is 0 Å². The molecule has 20 heavy (non-hydrogen) atoms. The van der Waals surface area contributed by atoms with E-state index >= 15 is 0 Å². The zero-order valence-electron chi connectivity index (χ0n) is 12.1. The average molecular weight is 274 g/mol. The van der Waals surface area contributed by atoms with E-state index in [4.69, 9.17) is 10.5 Å². The fourth-order valence-corrected chi connectivity index (χ4v) is 1.95. The Morgan fingerprint density at radius 3 is 2.80 bits per heavy atom. The van der Waals surface area contributed by atoms with Gasteiger partial charge in [-0.15, -0.1) is 0 Å². The van der Waals surface area contributed by atoms with Crippen molar-refractivity contribution in [2.24, 2.45) is 12.8 Å². The minimum absolute atomic E-state index is 0.180. The highest BCUT2D eigenvalue weighted by molar-refractivity contribution is 5.20. The van der Waals surface area contributed by atoms with Gasteiger partial charge in [-0.05, 0) is 24.6 Å². The van der Waals surface area contributed by atoms with Crippen molar-refractivity contribution in [2.75, 3.05) is 6.61 Å². The van der Waals surface area contributed by atoms with Crippen molar-refractivity contribution in [3.8, 4) is 5.75 Å². The number of nitrogens with two attached hydrogens (primary N) is 1. The first-order valence-corrected chi connectivity index (χ1v) is 6.99. The van der Waals surface area contributed by atoms with E-state index in [1.54, 1.807) is 12.4 Å². The molecule has 0 radical (unpaired) electrons. The fourth-order valence-electron chi connectivity index (χ4n) is 1.95. The van der Waals surface area contributed by atoms with E-state index in [9.17, 15) is 0 Å². The quantitative estimate of drug-likeness (QED) is 0.835. The summed E-state index contributed by atoms with van der Waals surface area (Å²) >= 11 is 0. The van der Waals surface area contributed by atoms with Crippen LogP contribution in [0.2, 0.25) is 0 Å². The SMILES string of the molecule is CCC(N)Cc1ccc(OCCc2ccnn2C)cn1. The molecule has 2 aromatic rings. The summed E-state index contributed by atoms with van der Waals surface area (Å²) in [5.41, 5.74) is 8.08. The lowest BCUT2D eigenvalue weighted by Gasteiger charge is -2.09. The number of pyridine rings is 1. The Balaban J connectivity index is 1.80. The van der Waals surface area contributed by atoms with E-state index < -0.39 is 0 Å². The minimum atomic E-state index is 0.180. The van der Waals surface area contributed by atoms with Crippen LogP contribution in [0.25, 0.3) is 0 Å². The molecule has 0 aromatic carbocycles. The Kier molecular flexibility index (Phi) is 5.12. The number of aromatic nitrogens is 3. The van der Waals surface area contributed by atoms with E-state index in [0.29, 0.717) is 6.61 Å². The third kappa shape index (κ3) is 4.06. The van der Waals surface area contributed by atoms with Crippen LogP contribution in [0.3, 0.4) is 0 Å². The van der Waals surface area contributed by atoms with Crippen LogP contribution in [0, 0.1) is 0 Å². The van der Waals surface area contributed by atoms with Crippen LogP contribution >= 0.6 is 0 Å². The smallest absolute Gasteiger partial charge is 0.137 e. The summed E-state index contributed by atoms with van der Waals surface area (Å²) in [6.07, 6.45) is 6.17. The molecule has 2 aromatic heterocycles. The van der Waals surface area contributed by atoms with Crippen molar-refractivity contribution in [3.63, 3.8) is 0 Å². The van der Waals surface area contributed by atoms with E-state index in [-0.39, 0.29) is 6.04 Å². The Labute approximate surface area is 119 Å². The predicted octanol–water partition coefficient (Wildman–Crippen LogP) is 1.72. The lowest BCUT2D eigenvalue weighted by Crippen LogP contribution is -2.21. The first kappa shape index (κ1) is 14.5. The molecule has 5 nitrogen and oxygen atoms in total. The van der Waals surface area contributed by atoms with Gasteiger partial charge < -0.3 is 10.5 Å². The van der Waals surface area contributed by atoms with Crippen LogP contribution in [0.5, 0.6) is 5.75 Å². The number of rotatable bonds is 7. The van der Waals surface area contributed by atoms with Crippen molar-refractivity contribution in [1.82, 2.24) is 14.8 Å². The maximum atomic E-state index is 5.91. The molecule has 0 fully saturated rings. The van der Waals surface area contributed by atoms with E-state index in [1.165, 1.54) is 0 Å². The largest absolute Gasteiger partial charge is 0.492 e. The lowest BCUT2D eigenvalue weighted by molar-refractivity contribution is 0.317. The van der Waals surface area contributed by atoms with Crippen LogP contribution in [0.4, 0.5) is 0 Å². The Morgan fingerprint density at radius 2 is 2.20 bits per heavy atom. The van der Waals surface area contributed by atoms with Crippen LogP contribution in [0.1, 0.15) is 24.7 Å². The maximum Gasteiger partial charge on any atom is 0.137 e. The molecule has 0 amide bonds. The Bertz CT molecular complexity index is 521. The van der Waals surface area contributed by atoms with E-state index in [0.717, 1.165) is 36.4 Å². The van der Waals surface area contributed by atoms with Crippen molar-refractivity contribution in [3.05, 3.63) is 42.0 Å². The van der Waals surface area contributed by atoms with Crippen molar-refractivity contribution in [2.45, 2.75) is 32.2 Å². The van der Waals surface area contributed by atoms with Crippen LogP contribution < -0.4 is 10.5 Å². The summed E-state index contributed by atoms with van der Waals surface area (Å²) in [7, 11) is 1.93. The summed E-state index contributed by atoms with van der Waals surface area (Å²) in [6.45, 7) is 2.70. The Hall–Kier alpha value is -1.88.